The van der Waals surface area contributed by atoms with Crippen molar-refractivity contribution in [1.29, 1.82) is 0 Å². The molecule has 1 fully saturated rings. The fourth-order valence-electron chi connectivity index (χ4n) is 2.48. The third-order valence-corrected chi connectivity index (χ3v) is 4.85. The van der Waals surface area contributed by atoms with E-state index in [1.807, 2.05) is 6.20 Å². The van der Waals surface area contributed by atoms with E-state index in [-0.39, 0.29) is 0 Å². The molecule has 3 heterocycles. The molecule has 3 nitrogen and oxygen atoms in total. The Morgan fingerprint density at radius 3 is 2.84 bits per heavy atom. The molecule has 1 N–H and O–H groups in total. The summed E-state index contributed by atoms with van der Waals surface area (Å²) >= 11 is 1.72. The second-order valence-electron chi connectivity index (χ2n) is 5.28. The number of nitrogens with one attached hydrogen (secondary N) is 1. The van der Waals surface area contributed by atoms with Gasteiger partial charge >= 0.3 is 0 Å². The van der Waals surface area contributed by atoms with Crippen molar-refractivity contribution in [3.05, 3.63) is 34.5 Å². The van der Waals surface area contributed by atoms with Gasteiger partial charge in [-0.05, 0) is 57.3 Å². The van der Waals surface area contributed by atoms with Gasteiger partial charge in [-0.3, -0.25) is 4.98 Å². The van der Waals surface area contributed by atoms with Gasteiger partial charge in [0, 0.05) is 11.1 Å². The zero-order valence-electron chi connectivity index (χ0n) is 11.4. The average molecular weight is 273 g/mol. The van der Waals surface area contributed by atoms with Crippen LogP contribution in [0.3, 0.4) is 0 Å². The minimum atomic E-state index is 0.775. The predicted molar refractivity (Wildman–Crippen MR) is 79.5 cm³/mol. The van der Waals surface area contributed by atoms with E-state index in [0.717, 1.165) is 41.8 Å². The minimum Gasteiger partial charge on any atom is -0.316 e. The highest BCUT2D eigenvalue weighted by atomic mass is 32.1. The van der Waals surface area contributed by atoms with E-state index in [4.69, 9.17) is 0 Å². The van der Waals surface area contributed by atoms with E-state index in [2.05, 4.69) is 41.3 Å². The third kappa shape index (κ3) is 2.85. The second kappa shape index (κ2) is 5.39. The van der Waals surface area contributed by atoms with Crippen molar-refractivity contribution in [2.45, 2.75) is 26.7 Å². The molecule has 2 aromatic rings. The Labute approximate surface area is 118 Å². The molecule has 0 bridgehead atoms. The summed E-state index contributed by atoms with van der Waals surface area (Å²) in [5.74, 6) is 0.775. The normalized spacial score (nSPS) is 18.9. The lowest BCUT2D eigenvalue weighted by atomic mass is 10.00. The molecule has 1 aliphatic rings. The number of nitrogens with zero attached hydrogens (tertiary/aromatic N) is 2. The van der Waals surface area contributed by atoms with E-state index >= 15 is 0 Å². The van der Waals surface area contributed by atoms with Crippen LogP contribution in [0.5, 0.6) is 0 Å². The zero-order valence-corrected chi connectivity index (χ0v) is 12.3. The van der Waals surface area contributed by atoms with Crippen LogP contribution < -0.4 is 5.32 Å². The molecule has 1 atom stereocenters. The van der Waals surface area contributed by atoms with Crippen LogP contribution in [0.15, 0.2) is 18.3 Å². The molecule has 3 rings (SSSR count). The van der Waals surface area contributed by atoms with Gasteiger partial charge in [0.05, 0.1) is 11.4 Å². The van der Waals surface area contributed by atoms with E-state index in [1.165, 1.54) is 16.9 Å². The van der Waals surface area contributed by atoms with Crippen LogP contribution >= 0.6 is 11.3 Å². The SMILES string of the molecule is Cc1nc(-c2ccc(C[C@H]3CCNC3)cn2)sc1C. The van der Waals surface area contributed by atoms with Gasteiger partial charge in [-0.25, -0.2) is 4.98 Å². The highest BCUT2D eigenvalue weighted by Gasteiger charge is 2.15. The molecule has 0 unspecified atom stereocenters. The summed E-state index contributed by atoms with van der Waals surface area (Å²) < 4.78 is 0. The fraction of sp³-hybridized carbons (Fsp3) is 0.467. The summed E-state index contributed by atoms with van der Waals surface area (Å²) in [5, 5.41) is 4.44. The lowest BCUT2D eigenvalue weighted by molar-refractivity contribution is 0.579. The molecule has 4 heteroatoms. The Bertz CT molecular complexity index is 534. The molecule has 19 heavy (non-hydrogen) atoms. The van der Waals surface area contributed by atoms with Crippen LogP contribution in [-0.4, -0.2) is 23.1 Å². The lowest BCUT2D eigenvalue weighted by Gasteiger charge is -2.07. The van der Waals surface area contributed by atoms with Gasteiger partial charge in [-0.2, -0.15) is 0 Å². The summed E-state index contributed by atoms with van der Waals surface area (Å²) in [6.45, 7) is 6.47. The third-order valence-electron chi connectivity index (χ3n) is 3.76. The number of hydrogen-bond acceptors (Lipinski definition) is 4. The Kier molecular flexibility index (Phi) is 3.62. The fourth-order valence-corrected chi connectivity index (χ4v) is 3.37. The van der Waals surface area contributed by atoms with E-state index in [9.17, 15) is 0 Å². The Morgan fingerprint density at radius 2 is 2.26 bits per heavy atom. The maximum Gasteiger partial charge on any atom is 0.142 e. The zero-order chi connectivity index (χ0) is 13.2. The number of thiazole rings is 1. The first-order valence-electron chi connectivity index (χ1n) is 6.82. The number of hydrogen-bond donors (Lipinski definition) is 1. The topological polar surface area (TPSA) is 37.8 Å². The first kappa shape index (κ1) is 12.8. The molecule has 0 aromatic carbocycles. The Balaban J connectivity index is 1.74. The molecule has 0 saturated carbocycles. The van der Waals surface area contributed by atoms with Crippen LogP contribution in [0, 0.1) is 19.8 Å². The summed E-state index contributed by atoms with van der Waals surface area (Å²) in [6.07, 6.45) is 4.43. The molecular weight excluding hydrogens is 254 g/mol. The summed E-state index contributed by atoms with van der Waals surface area (Å²) in [5.41, 5.74) is 3.44. The number of aryl methyl sites for hydroxylation is 2. The molecule has 0 radical (unpaired) electrons. The quantitative estimate of drug-likeness (QED) is 0.934. The van der Waals surface area contributed by atoms with Crippen LogP contribution in [0.4, 0.5) is 0 Å². The van der Waals surface area contributed by atoms with Crippen LogP contribution in [0.1, 0.15) is 22.6 Å². The van der Waals surface area contributed by atoms with Crippen LogP contribution in [-0.2, 0) is 6.42 Å². The predicted octanol–water partition coefficient (Wildman–Crippen LogP) is 2.97. The van der Waals surface area contributed by atoms with Crippen LogP contribution in [0.25, 0.3) is 10.7 Å². The molecule has 2 aromatic heterocycles. The molecule has 0 spiro atoms. The molecular formula is C15H19N3S. The van der Waals surface area contributed by atoms with E-state index < -0.39 is 0 Å². The lowest BCUT2D eigenvalue weighted by Crippen LogP contribution is -2.10. The van der Waals surface area contributed by atoms with Crippen LogP contribution in [0.2, 0.25) is 0 Å². The van der Waals surface area contributed by atoms with Gasteiger partial charge in [0.25, 0.3) is 0 Å². The Morgan fingerprint density at radius 1 is 1.37 bits per heavy atom. The maximum atomic E-state index is 4.57. The van der Waals surface area contributed by atoms with Crippen molar-refractivity contribution in [2.75, 3.05) is 13.1 Å². The number of pyridine rings is 1. The molecule has 0 aliphatic carbocycles. The largest absolute Gasteiger partial charge is 0.316 e. The smallest absolute Gasteiger partial charge is 0.142 e. The maximum absolute atomic E-state index is 4.57. The number of aromatic nitrogens is 2. The number of rotatable bonds is 3. The van der Waals surface area contributed by atoms with Crippen molar-refractivity contribution in [2.24, 2.45) is 5.92 Å². The molecule has 0 amide bonds. The highest BCUT2D eigenvalue weighted by molar-refractivity contribution is 7.15. The van der Waals surface area contributed by atoms with E-state index in [1.54, 1.807) is 11.3 Å². The standard InChI is InChI=1S/C15H19N3S/c1-10-11(2)19-15(18-10)14-4-3-12(9-17-14)7-13-5-6-16-8-13/h3-4,9,13,16H,5-8H2,1-2H3/t13-/m1/s1. The van der Waals surface area contributed by atoms with Gasteiger partial charge in [-0.15, -0.1) is 11.3 Å². The van der Waals surface area contributed by atoms with Gasteiger partial charge in [0.1, 0.15) is 5.01 Å². The van der Waals surface area contributed by atoms with Crippen molar-refractivity contribution in [1.82, 2.24) is 15.3 Å². The van der Waals surface area contributed by atoms with Crippen molar-refractivity contribution < 1.29 is 0 Å². The summed E-state index contributed by atoms with van der Waals surface area (Å²) in [6, 6.07) is 4.31. The molecule has 1 saturated heterocycles. The summed E-state index contributed by atoms with van der Waals surface area (Å²) in [4.78, 5) is 10.4. The van der Waals surface area contributed by atoms with Crippen molar-refractivity contribution in [3.63, 3.8) is 0 Å². The first-order chi connectivity index (χ1) is 9.22. The minimum absolute atomic E-state index is 0.775. The highest BCUT2D eigenvalue weighted by Crippen LogP contribution is 2.26. The van der Waals surface area contributed by atoms with Crippen molar-refractivity contribution >= 4 is 11.3 Å². The average Bonchev–Trinajstić information content (AvgIpc) is 3.02. The van der Waals surface area contributed by atoms with Gasteiger partial charge < -0.3 is 5.32 Å². The molecule has 1 aliphatic heterocycles. The molecule has 100 valence electrons. The van der Waals surface area contributed by atoms with Gasteiger partial charge in [0.15, 0.2) is 0 Å². The van der Waals surface area contributed by atoms with Crippen molar-refractivity contribution in [3.8, 4) is 10.7 Å². The van der Waals surface area contributed by atoms with E-state index in [0.29, 0.717) is 0 Å². The second-order valence-corrected chi connectivity index (χ2v) is 6.48. The summed E-state index contributed by atoms with van der Waals surface area (Å²) in [7, 11) is 0. The Hall–Kier alpha value is -1.26. The first-order valence-corrected chi connectivity index (χ1v) is 7.64. The monoisotopic (exact) mass is 273 g/mol. The van der Waals surface area contributed by atoms with Gasteiger partial charge in [0.2, 0.25) is 0 Å². The van der Waals surface area contributed by atoms with Gasteiger partial charge in [-0.1, -0.05) is 6.07 Å².